The maximum absolute atomic E-state index is 14.5. The third kappa shape index (κ3) is 5.07. The van der Waals surface area contributed by atoms with E-state index in [4.69, 9.17) is 28.2 Å². The molecule has 1 fully saturated rings. The van der Waals surface area contributed by atoms with Crippen molar-refractivity contribution >= 4 is 57.1 Å². The van der Waals surface area contributed by atoms with E-state index in [1.165, 1.54) is 18.2 Å². The minimum Gasteiger partial charge on any atom is -0.390 e. The lowest BCUT2D eigenvalue weighted by atomic mass is 9.98. The zero-order chi connectivity index (χ0) is 28.2. The van der Waals surface area contributed by atoms with Gasteiger partial charge in [-0.25, -0.2) is 14.4 Å². The topological polar surface area (TPSA) is 95.8 Å². The van der Waals surface area contributed by atoms with Gasteiger partial charge in [0.1, 0.15) is 17.2 Å². The molecule has 3 aromatic carbocycles. The molecule has 0 radical (unpaired) electrons. The van der Waals surface area contributed by atoms with Crippen LogP contribution in [-0.4, -0.2) is 36.1 Å². The number of carbonyl (C=O) groups excluding carboxylic acids is 1. The molecule has 0 bridgehead atoms. The van der Waals surface area contributed by atoms with Crippen molar-refractivity contribution in [1.29, 1.82) is 0 Å². The van der Waals surface area contributed by atoms with Gasteiger partial charge in [0, 0.05) is 18.0 Å². The van der Waals surface area contributed by atoms with Crippen LogP contribution in [0.3, 0.4) is 0 Å². The number of aliphatic hydroxyl groups is 1. The monoisotopic (exact) mass is 579 g/mol. The van der Waals surface area contributed by atoms with Gasteiger partial charge in [0.15, 0.2) is 0 Å². The van der Waals surface area contributed by atoms with Crippen molar-refractivity contribution in [3.63, 3.8) is 0 Å². The van der Waals surface area contributed by atoms with Crippen molar-refractivity contribution in [3.8, 4) is 11.4 Å². The molecule has 2 heterocycles. The summed E-state index contributed by atoms with van der Waals surface area (Å²) in [6, 6.07) is 13.8. The number of amides is 1. The minimum absolute atomic E-state index is 0.136. The third-order valence-corrected chi connectivity index (χ3v) is 7.91. The number of hydrogen-bond donors (Lipinski definition) is 3. The minimum atomic E-state index is -0.846. The van der Waals surface area contributed by atoms with E-state index in [1.54, 1.807) is 26.0 Å². The molecule has 1 aliphatic rings. The molecule has 1 amide bonds. The number of benzene rings is 3. The first kappa shape index (κ1) is 26.7. The first-order valence-electron chi connectivity index (χ1n) is 13.3. The number of hydrogen-bond acceptors (Lipinski definition) is 4. The summed E-state index contributed by atoms with van der Waals surface area (Å²) < 4.78 is 16.6. The maximum atomic E-state index is 14.5. The van der Waals surface area contributed by atoms with Gasteiger partial charge in [0.2, 0.25) is 5.95 Å². The van der Waals surface area contributed by atoms with Crippen LogP contribution in [0.15, 0.2) is 48.5 Å². The number of imidazole rings is 2. The molecule has 0 spiro atoms. The standard InChI is InChI=1S/C30H28Cl2FN5O2/c1-30(2,40)15-16-10-11-24-22(12-16)35-29(38(24)18-6-3-4-7-18)37-28(39)17-13-20(32)26-23(14-17)34-27(36-26)25-19(31)8-5-9-21(25)33/h5,8-14,18,40H,3-4,6-7,15H2,1-2H3,(H,34,36)(H,35,37,39). The molecule has 206 valence electrons. The molecule has 1 saturated carbocycles. The van der Waals surface area contributed by atoms with E-state index in [0.29, 0.717) is 29.0 Å². The predicted octanol–water partition coefficient (Wildman–Crippen LogP) is 7.71. The van der Waals surface area contributed by atoms with Crippen LogP contribution in [0.1, 0.15) is 61.5 Å². The number of rotatable bonds is 6. The summed E-state index contributed by atoms with van der Waals surface area (Å²) in [5, 5.41) is 13.7. The second-order valence-electron chi connectivity index (χ2n) is 11.0. The molecular formula is C30H28Cl2FN5O2. The molecule has 2 aromatic heterocycles. The van der Waals surface area contributed by atoms with Crippen molar-refractivity contribution in [2.75, 3.05) is 5.32 Å². The summed E-state index contributed by atoms with van der Waals surface area (Å²) in [7, 11) is 0. The van der Waals surface area contributed by atoms with E-state index >= 15 is 0 Å². The van der Waals surface area contributed by atoms with Crippen molar-refractivity contribution in [2.45, 2.75) is 57.6 Å². The van der Waals surface area contributed by atoms with Crippen LogP contribution >= 0.6 is 23.2 Å². The number of aromatic amines is 1. The molecule has 40 heavy (non-hydrogen) atoms. The lowest BCUT2D eigenvalue weighted by Gasteiger charge is -2.18. The Bertz CT molecular complexity index is 1750. The molecule has 5 aromatic rings. The van der Waals surface area contributed by atoms with Gasteiger partial charge in [-0.3, -0.25) is 10.1 Å². The van der Waals surface area contributed by atoms with Gasteiger partial charge in [0.05, 0.1) is 37.8 Å². The van der Waals surface area contributed by atoms with E-state index < -0.39 is 11.4 Å². The Labute approximate surface area is 240 Å². The Morgan fingerprint density at radius 1 is 1.12 bits per heavy atom. The van der Waals surface area contributed by atoms with Crippen molar-refractivity contribution in [3.05, 3.63) is 75.5 Å². The molecular weight excluding hydrogens is 552 g/mol. The lowest BCUT2D eigenvalue weighted by molar-refractivity contribution is 0.0810. The Balaban J connectivity index is 1.36. The summed E-state index contributed by atoms with van der Waals surface area (Å²) >= 11 is 12.8. The van der Waals surface area contributed by atoms with Crippen LogP contribution < -0.4 is 5.32 Å². The third-order valence-electron chi connectivity index (χ3n) is 7.31. The van der Waals surface area contributed by atoms with E-state index in [0.717, 1.165) is 42.3 Å². The summed E-state index contributed by atoms with van der Waals surface area (Å²) in [4.78, 5) is 25.8. The average Bonchev–Trinajstić information content (AvgIpc) is 3.61. The molecule has 10 heteroatoms. The van der Waals surface area contributed by atoms with Crippen LogP contribution in [0.4, 0.5) is 10.3 Å². The van der Waals surface area contributed by atoms with Gasteiger partial charge in [0.25, 0.3) is 5.91 Å². The van der Waals surface area contributed by atoms with Gasteiger partial charge in [-0.2, -0.15) is 0 Å². The number of fused-ring (bicyclic) bond motifs is 2. The highest BCUT2D eigenvalue weighted by atomic mass is 35.5. The number of anilines is 1. The molecule has 0 atom stereocenters. The summed E-state index contributed by atoms with van der Waals surface area (Å²) in [5.74, 6) is -0.207. The van der Waals surface area contributed by atoms with Gasteiger partial charge < -0.3 is 14.7 Å². The molecule has 6 rings (SSSR count). The van der Waals surface area contributed by atoms with Crippen LogP contribution in [-0.2, 0) is 6.42 Å². The van der Waals surface area contributed by atoms with Crippen LogP contribution in [0.5, 0.6) is 0 Å². The number of nitrogens with one attached hydrogen (secondary N) is 2. The normalized spacial score (nSPS) is 14.4. The van der Waals surface area contributed by atoms with Gasteiger partial charge >= 0.3 is 0 Å². The second kappa shape index (κ2) is 10.2. The first-order valence-corrected chi connectivity index (χ1v) is 14.0. The summed E-state index contributed by atoms with van der Waals surface area (Å²) in [6.45, 7) is 3.55. The molecule has 0 unspecified atom stereocenters. The Morgan fingerprint density at radius 3 is 2.62 bits per heavy atom. The predicted molar refractivity (Wildman–Crippen MR) is 157 cm³/mol. The smallest absolute Gasteiger partial charge is 0.258 e. The summed E-state index contributed by atoms with van der Waals surface area (Å²) in [5.41, 5.74) is 3.15. The number of carbonyl (C=O) groups is 1. The average molecular weight is 580 g/mol. The fourth-order valence-electron chi connectivity index (χ4n) is 5.60. The van der Waals surface area contributed by atoms with Crippen molar-refractivity contribution < 1.29 is 14.3 Å². The molecule has 0 saturated heterocycles. The largest absolute Gasteiger partial charge is 0.390 e. The van der Waals surface area contributed by atoms with Gasteiger partial charge in [-0.05, 0) is 68.7 Å². The first-order chi connectivity index (χ1) is 19.1. The number of halogens is 3. The fourth-order valence-corrected chi connectivity index (χ4v) is 6.11. The maximum Gasteiger partial charge on any atom is 0.258 e. The lowest BCUT2D eigenvalue weighted by Crippen LogP contribution is -2.21. The van der Waals surface area contributed by atoms with Crippen molar-refractivity contribution in [1.82, 2.24) is 19.5 Å². The Hall–Kier alpha value is -3.46. The highest BCUT2D eigenvalue weighted by molar-refractivity contribution is 6.36. The molecule has 3 N–H and O–H groups in total. The zero-order valence-corrected chi connectivity index (χ0v) is 23.6. The second-order valence-corrected chi connectivity index (χ2v) is 11.9. The van der Waals surface area contributed by atoms with Crippen LogP contribution in [0.25, 0.3) is 33.5 Å². The van der Waals surface area contributed by atoms with Gasteiger partial charge in [-0.1, -0.05) is 48.2 Å². The Morgan fingerprint density at radius 2 is 1.90 bits per heavy atom. The fraction of sp³-hybridized carbons (Fsp3) is 0.300. The van der Waals surface area contributed by atoms with E-state index in [2.05, 4.69) is 19.9 Å². The summed E-state index contributed by atoms with van der Waals surface area (Å²) in [6.07, 6.45) is 4.74. The van der Waals surface area contributed by atoms with Gasteiger partial charge in [-0.15, -0.1) is 0 Å². The highest BCUT2D eigenvalue weighted by Gasteiger charge is 2.25. The van der Waals surface area contributed by atoms with E-state index in [1.807, 2.05) is 18.2 Å². The number of nitrogens with zero attached hydrogens (tertiary/aromatic N) is 3. The SMILES string of the molecule is CC(C)(O)Cc1ccc2c(c1)nc(NC(=O)c1cc(Cl)c3nc(-c4c(F)cccc4Cl)[nH]c3c1)n2C1CCCC1. The number of aromatic nitrogens is 4. The van der Waals surface area contributed by atoms with Crippen LogP contribution in [0.2, 0.25) is 10.0 Å². The quantitative estimate of drug-likeness (QED) is 0.192. The molecule has 1 aliphatic carbocycles. The van der Waals surface area contributed by atoms with Crippen LogP contribution in [0, 0.1) is 5.82 Å². The molecule has 0 aliphatic heterocycles. The zero-order valence-electron chi connectivity index (χ0n) is 22.1. The highest BCUT2D eigenvalue weighted by Crippen LogP contribution is 2.37. The van der Waals surface area contributed by atoms with E-state index in [9.17, 15) is 14.3 Å². The molecule has 7 nitrogen and oxygen atoms in total. The van der Waals surface area contributed by atoms with E-state index in [-0.39, 0.29) is 33.4 Å². The van der Waals surface area contributed by atoms with Crippen molar-refractivity contribution in [2.24, 2.45) is 0 Å². The number of H-pyrrole nitrogens is 1. The Kier molecular flexibility index (Phi) is 6.81.